The summed E-state index contributed by atoms with van der Waals surface area (Å²) in [5.74, 6) is 0.149. The van der Waals surface area contributed by atoms with Gasteiger partial charge in [0.05, 0.1) is 0 Å². The highest BCUT2D eigenvalue weighted by molar-refractivity contribution is 5.76. The zero-order valence-corrected chi connectivity index (χ0v) is 10.4. The van der Waals surface area contributed by atoms with E-state index in [1.165, 1.54) is 0 Å². The number of carbonyl (C=O) groups is 1. The van der Waals surface area contributed by atoms with Gasteiger partial charge in [0.2, 0.25) is 5.91 Å². The lowest BCUT2D eigenvalue weighted by Gasteiger charge is -2.19. The number of nitrogens with zero attached hydrogens (tertiary/aromatic N) is 1. The van der Waals surface area contributed by atoms with Gasteiger partial charge in [-0.1, -0.05) is 24.3 Å². The number of aryl methyl sites for hydroxylation is 1. The van der Waals surface area contributed by atoms with E-state index in [-0.39, 0.29) is 5.91 Å². The Morgan fingerprint density at radius 2 is 2.18 bits per heavy atom. The summed E-state index contributed by atoms with van der Waals surface area (Å²) in [5, 5.41) is 0. The van der Waals surface area contributed by atoms with Crippen molar-refractivity contribution < 1.29 is 4.79 Å². The largest absolute Gasteiger partial charge is 0.399 e. The molecule has 1 rings (SSSR count). The lowest BCUT2D eigenvalue weighted by atomic mass is 10.1. The van der Waals surface area contributed by atoms with Crippen molar-refractivity contribution in [1.82, 2.24) is 4.90 Å². The molecule has 0 bridgehead atoms. The molecule has 1 aromatic rings. The molecule has 1 aromatic carbocycles. The second kappa shape index (κ2) is 6.74. The lowest BCUT2D eigenvalue weighted by Crippen LogP contribution is -2.31. The van der Waals surface area contributed by atoms with Crippen LogP contribution < -0.4 is 5.73 Å². The summed E-state index contributed by atoms with van der Waals surface area (Å²) in [4.78, 5) is 13.7. The smallest absolute Gasteiger partial charge is 0.223 e. The van der Waals surface area contributed by atoms with E-state index in [2.05, 4.69) is 6.58 Å². The quantitative estimate of drug-likeness (QED) is 0.604. The Kier molecular flexibility index (Phi) is 5.27. The van der Waals surface area contributed by atoms with Gasteiger partial charge in [-0.25, -0.2) is 0 Å². The third-order valence-electron chi connectivity index (χ3n) is 2.75. The first-order valence-corrected chi connectivity index (χ1v) is 5.91. The first-order chi connectivity index (χ1) is 8.19. The molecular weight excluding hydrogens is 212 g/mol. The zero-order chi connectivity index (χ0) is 12.7. The van der Waals surface area contributed by atoms with Crippen molar-refractivity contribution >= 4 is 11.6 Å². The maximum Gasteiger partial charge on any atom is 0.223 e. The van der Waals surface area contributed by atoms with Crippen molar-refractivity contribution in [1.29, 1.82) is 0 Å². The molecule has 0 aromatic heterocycles. The van der Waals surface area contributed by atoms with Crippen LogP contribution in [0.5, 0.6) is 0 Å². The van der Waals surface area contributed by atoms with E-state index in [0.717, 1.165) is 17.8 Å². The number of anilines is 1. The van der Waals surface area contributed by atoms with Gasteiger partial charge in [-0.15, -0.1) is 6.58 Å². The number of hydrogen-bond acceptors (Lipinski definition) is 2. The Hall–Kier alpha value is -1.77. The number of nitrogen functional groups attached to an aromatic ring is 1. The van der Waals surface area contributed by atoms with Crippen LogP contribution in [0.4, 0.5) is 5.69 Å². The third-order valence-corrected chi connectivity index (χ3v) is 2.75. The standard InChI is InChI=1S/C14H20N2O/c1-3-11-16(4-2)14(17)10-9-12-7-5-6-8-13(12)15/h3,5-8H,1,4,9-11,15H2,2H3. The SMILES string of the molecule is C=CCN(CC)C(=O)CCc1ccccc1N. The number of amides is 1. The van der Waals surface area contributed by atoms with E-state index in [9.17, 15) is 4.79 Å². The normalized spacial score (nSPS) is 9.94. The highest BCUT2D eigenvalue weighted by Crippen LogP contribution is 2.13. The van der Waals surface area contributed by atoms with Crippen LogP contribution in [0.3, 0.4) is 0 Å². The molecule has 0 fully saturated rings. The first-order valence-electron chi connectivity index (χ1n) is 5.91. The van der Waals surface area contributed by atoms with Gasteiger partial charge in [0.1, 0.15) is 0 Å². The molecule has 0 saturated heterocycles. The van der Waals surface area contributed by atoms with Gasteiger partial charge in [-0.3, -0.25) is 4.79 Å². The van der Waals surface area contributed by atoms with Crippen molar-refractivity contribution in [3.05, 3.63) is 42.5 Å². The second-order valence-corrected chi connectivity index (χ2v) is 3.92. The number of para-hydroxylation sites is 1. The minimum Gasteiger partial charge on any atom is -0.399 e. The average Bonchev–Trinajstić information content (AvgIpc) is 2.34. The fraction of sp³-hybridized carbons (Fsp3) is 0.357. The number of nitrogens with two attached hydrogens (primary N) is 1. The molecule has 1 amide bonds. The molecule has 0 saturated carbocycles. The summed E-state index contributed by atoms with van der Waals surface area (Å²) in [5.41, 5.74) is 7.63. The third kappa shape index (κ3) is 3.94. The zero-order valence-electron chi connectivity index (χ0n) is 10.4. The van der Waals surface area contributed by atoms with Gasteiger partial charge >= 0.3 is 0 Å². The summed E-state index contributed by atoms with van der Waals surface area (Å²) in [7, 11) is 0. The molecular formula is C14H20N2O. The predicted octanol–water partition coefficient (Wildman–Crippen LogP) is 2.24. The van der Waals surface area contributed by atoms with Crippen LogP contribution in [0.15, 0.2) is 36.9 Å². The minimum atomic E-state index is 0.149. The molecule has 17 heavy (non-hydrogen) atoms. The van der Waals surface area contributed by atoms with Crippen molar-refractivity contribution in [2.45, 2.75) is 19.8 Å². The first kappa shape index (κ1) is 13.3. The van der Waals surface area contributed by atoms with E-state index in [4.69, 9.17) is 5.73 Å². The van der Waals surface area contributed by atoms with Gasteiger partial charge in [-0.05, 0) is 25.0 Å². The molecule has 2 N–H and O–H groups in total. The van der Waals surface area contributed by atoms with Crippen molar-refractivity contribution in [3.8, 4) is 0 Å². The molecule has 92 valence electrons. The topological polar surface area (TPSA) is 46.3 Å². The van der Waals surface area contributed by atoms with Crippen LogP contribution in [-0.2, 0) is 11.2 Å². The molecule has 0 aliphatic rings. The Morgan fingerprint density at radius 3 is 2.76 bits per heavy atom. The van der Waals surface area contributed by atoms with Crippen LogP contribution in [0, 0.1) is 0 Å². The Balaban J connectivity index is 2.53. The lowest BCUT2D eigenvalue weighted by molar-refractivity contribution is -0.130. The van der Waals surface area contributed by atoms with Crippen LogP contribution in [-0.4, -0.2) is 23.9 Å². The maximum absolute atomic E-state index is 11.9. The van der Waals surface area contributed by atoms with Gasteiger partial charge in [0, 0.05) is 25.2 Å². The van der Waals surface area contributed by atoms with Crippen LogP contribution >= 0.6 is 0 Å². The van der Waals surface area contributed by atoms with Gasteiger partial charge in [0.15, 0.2) is 0 Å². The fourth-order valence-electron chi connectivity index (χ4n) is 1.72. The van der Waals surface area contributed by atoms with Gasteiger partial charge < -0.3 is 10.6 Å². The Bertz CT molecular complexity index is 388. The molecule has 0 unspecified atom stereocenters. The summed E-state index contributed by atoms with van der Waals surface area (Å²) in [6, 6.07) is 7.67. The Morgan fingerprint density at radius 1 is 1.47 bits per heavy atom. The molecule has 0 heterocycles. The molecule has 0 aliphatic heterocycles. The van der Waals surface area contributed by atoms with Crippen LogP contribution in [0.1, 0.15) is 18.9 Å². The Labute approximate surface area is 103 Å². The number of likely N-dealkylation sites (N-methyl/N-ethyl adjacent to an activating group) is 1. The molecule has 0 radical (unpaired) electrons. The second-order valence-electron chi connectivity index (χ2n) is 3.92. The van der Waals surface area contributed by atoms with Crippen LogP contribution in [0.2, 0.25) is 0 Å². The number of carbonyl (C=O) groups excluding carboxylic acids is 1. The van der Waals surface area contributed by atoms with Gasteiger partial charge in [-0.2, -0.15) is 0 Å². The van der Waals surface area contributed by atoms with E-state index >= 15 is 0 Å². The van der Waals surface area contributed by atoms with E-state index in [1.54, 1.807) is 11.0 Å². The highest BCUT2D eigenvalue weighted by Gasteiger charge is 2.10. The summed E-state index contributed by atoms with van der Waals surface area (Å²) < 4.78 is 0. The van der Waals surface area contributed by atoms with Gasteiger partial charge in [0.25, 0.3) is 0 Å². The molecule has 0 atom stereocenters. The number of rotatable bonds is 6. The summed E-state index contributed by atoms with van der Waals surface area (Å²) in [6.45, 7) is 6.95. The molecule has 3 nitrogen and oxygen atoms in total. The molecule has 0 spiro atoms. The number of benzene rings is 1. The molecule has 3 heteroatoms. The monoisotopic (exact) mass is 232 g/mol. The van der Waals surface area contributed by atoms with Crippen molar-refractivity contribution in [3.63, 3.8) is 0 Å². The average molecular weight is 232 g/mol. The minimum absolute atomic E-state index is 0.149. The predicted molar refractivity (Wildman–Crippen MR) is 71.6 cm³/mol. The van der Waals surface area contributed by atoms with Crippen molar-refractivity contribution in [2.75, 3.05) is 18.8 Å². The van der Waals surface area contributed by atoms with E-state index in [1.807, 2.05) is 31.2 Å². The molecule has 0 aliphatic carbocycles. The van der Waals surface area contributed by atoms with Crippen molar-refractivity contribution in [2.24, 2.45) is 0 Å². The van der Waals surface area contributed by atoms with E-state index in [0.29, 0.717) is 19.4 Å². The van der Waals surface area contributed by atoms with E-state index < -0.39 is 0 Å². The fourth-order valence-corrected chi connectivity index (χ4v) is 1.72. The highest BCUT2D eigenvalue weighted by atomic mass is 16.2. The van der Waals surface area contributed by atoms with Crippen LogP contribution in [0.25, 0.3) is 0 Å². The maximum atomic E-state index is 11.9. The number of hydrogen-bond donors (Lipinski definition) is 1. The summed E-state index contributed by atoms with van der Waals surface area (Å²) in [6.07, 6.45) is 2.94. The summed E-state index contributed by atoms with van der Waals surface area (Å²) >= 11 is 0.